The Balaban J connectivity index is 2.54. The summed E-state index contributed by atoms with van der Waals surface area (Å²) in [5.41, 5.74) is -0.488. The van der Waals surface area contributed by atoms with Crippen molar-refractivity contribution in [1.82, 2.24) is 5.32 Å². The molecular weight excluding hydrogens is 198 g/mol. The number of carbonyl (C=O) groups is 2. The van der Waals surface area contributed by atoms with E-state index in [1.54, 1.807) is 7.11 Å². The molecule has 0 aromatic carbocycles. The Kier molecular flexibility index (Phi) is 3.68. The Bertz CT molecular complexity index is 260. The number of ether oxygens (including phenoxy) is 1. The number of methoxy groups -OCH3 is 1. The van der Waals surface area contributed by atoms with Gasteiger partial charge in [0.2, 0.25) is 5.91 Å². The van der Waals surface area contributed by atoms with Crippen LogP contribution in [0.15, 0.2) is 0 Å². The molecule has 0 bridgehead atoms. The molecule has 1 aliphatic carbocycles. The van der Waals surface area contributed by atoms with Crippen molar-refractivity contribution in [3.8, 4) is 0 Å². The first kappa shape index (κ1) is 12.0. The highest BCUT2D eigenvalue weighted by atomic mass is 16.5. The second kappa shape index (κ2) is 4.61. The number of hydrogen-bond donors (Lipinski definition) is 2. The fourth-order valence-corrected chi connectivity index (χ4v) is 1.73. The summed E-state index contributed by atoms with van der Waals surface area (Å²) in [5, 5.41) is 11.2. The van der Waals surface area contributed by atoms with E-state index in [4.69, 9.17) is 9.84 Å². The molecule has 0 saturated heterocycles. The number of aliphatic carboxylic acids is 1. The number of amides is 1. The summed E-state index contributed by atoms with van der Waals surface area (Å²) in [6.07, 6.45) is 2.55. The average Bonchev–Trinajstić information content (AvgIpc) is 2.10. The van der Waals surface area contributed by atoms with E-state index < -0.39 is 17.4 Å². The van der Waals surface area contributed by atoms with Gasteiger partial charge in [0.05, 0.1) is 12.0 Å². The van der Waals surface area contributed by atoms with Crippen molar-refractivity contribution in [2.75, 3.05) is 13.7 Å². The minimum absolute atomic E-state index is 0.203. The van der Waals surface area contributed by atoms with Crippen molar-refractivity contribution in [2.45, 2.75) is 32.2 Å². The van der Waals surface area contributed by atoms with Gasteiger partial charge in [-0.3, -0.25) is 9.59 Å². The molecule has 0 aromatic rings. The number of carboxylic acids is 1. The van der Waals surface area contributed by atoms with Crippen LogP contribution in [-0.4, -0.2) is 36.7 Å². The molecule has 1 saturated carbocycles. The largest absolute Gasteiger partial charge is 0.480 e. The topological polar surface area (TPSA) is 75.6 Å². The second-order valence-corrected chi connectivity index (χ2v) is 4.10. The van der Waals surface area contributed by atoms with E-state index in [0.717, 1.165) is 19.3 Å². The van der Waals surface area contributed by atoms with Crippen LogP contribution in [-0.2, 0) is 14.3 Å². The predicted octanol–water partition coefficient (Wildman–Crippen LogP) is 0.392. The van der Waals surface area contributed by atoms with E-state index in [1.165, 1.54) is 6.92 Å². The van der Waals surface area contributed by atoms with Crippen LogP contribution >= 0.6 is 0 Å². The molecule has 1 amide bonds. The van der Waals surface area contributed by atoms with Crippen LogP contribution < -0.4 is 5.32 Å². The summed E-state index contributed by atoms with van der Waals surface area (Å²) >= 11 is 0. The molecule has 1 atom stereocenters. The molecule has 86 valence electrons. The molecule has 0 heterocycles. The van der Waals surface area contributed by atoms with E-state index in [-0.39, 0.29) is 5.91 Å². The van der Waals surface area contributed by atoms with Gasteiger partial charge in [-0.1, -0.05) is 6.42 Å². The summed E-state index contributed by atoms with van der Waals surface area (Å²) in [6, 6.07) is -0.841. The number of nitrogens with one attached hydrogen (secondary N) is 1. The predicted molar refractivity (Wildman–Crippen MR) is 53.4 cm³/mol. The van der Waals surface area contributed by atoms with Crippen molar-refractivity contribution in [3.63, 3.8) is 0 Å². The molecule has 1 rings (SSSR count). The molecule has 0 radical (unpaired) electrons. The third-order valence-electron chi connectivity index (χ3n) is 2.93. The molecule has 0 spiro atoms. The highest BCUT2D eigenvalue weighted by Gasteiger charge is 2.44. The van der Waals surface area contributed by atoms with Gasteiger partial charge in [-0.05, 0) is 19.8 Å². The third kappa shape index (κ3) is 2.47. The monoisotopic (exact) mass is 215 g/mol. The summed E-state index contributed by atoms with van der Waals surface area (Å²) in [5.74, 6) is -1.22. The van der Waals surface area contributed by atoms with E-state index in [9.17, 15) is 9.59 Å². The first-order valence-electron chi connectivity index (χ1n) is 5.04. The Morgan fingerprint density at radius 1 is 1.53 bits per heavy atom. The standard InChI is InChI=1S/C10H17NO4/c1-7(8(12)13)11-9(14)10(6-15-2)4-3-5-10/h7H,3-6H2,1-2H3,(H,11,14)(H,12,13). The maximum absolute atomic E-state index is 11.8. The van der Waals surface area contributed by atoms with Crippen LogP contribution in [0.3, 0.4) is 0 Å². The Morgan fingerprint density at radius 3 is 2.47 bits per heavy atom. The van der Waals surface area contributed by atoms with Gasteiger partial charge in [-0.2, -0.15) is 0 Å². The summed E-state index contributed by atoms with van der Waals surface area (Å²) in [7, 11) is 1.55. The van der Waals surface area contributed by atoms with E-state index in [0.29, 0.717) is 6.61 Å². The van der Waals surface area contributed by atoms with Gasteiger partial charge in [0.15, 0.2) is 0 Å². The number of rotatable bonds is 5. The fraction of sp³-hybridized carbons (Fsp3) is 0.800. The first-order chi connectivity index (χ1) is 7.02. The van der Waals surface area contributed by atoms with Gasteiger partial charge in [0.1, 0.15) is 6.04 Å². The summed E-state index contributed by atoms with van der Waals surface area (Å²) in [6.45, 7) is 1.82. The zero-order chi connectivity index (χ0) is 11.5. The van der Waals surface area contributed by atoms with E-state index in [1.807, 2.05) is 0 Å². The van der Waals surface area contributed by atoms with Gasteiger partial charge < -0.3 is 15.2 Å². The van der Waals surface area contributed by atoms with Gasteiger partial charge in [-0.25, -0.2) is 0 Å². The molecule has 1 aliphatic rings. The maximum atomic E-state index is 11.8. The average molecular weight is 215 g/mol. The van der Waals surface area contributed by atoms with Crippen LogP contribution in [0.25, 0.3) is 0 Å². The van der Waals surface area contributed by atoms with Gasteiger partial charge in [0, 0.05) is 7.11 Å². The third-order valence-corrected chi connectivity index (χ3v) is 2.93. The minimum atomic E-state index is -1.02. The molecule has 0 aromatic heterocycles. The number of carbonyl (C=O) groups excluding carboxylic acids is 1. The molecule has 1 unspecified atom stereocenters. The smallest absolute Gasteiger partial charge is 0.325 e. The second-order valence-electron chi connectivity index (χ2n) is 4.10. The fourth-order valence-electron chi connectivity index (χ4n) is 1.73. The quantitative estimate of drug-likeness (QED) is 0.695. The Hall–Kier alpha value is -1.10. The lowest BCUT2D eigenvalue weighted by molar-refractivity contribution is -0.147. The highest BCUT2D eigenvalue weighted by Crippen LogP contribution is 2.41. The summed E-state index contributed by atoms with van der Waals surface area (Å²) in [4.78, 5) is 22.4. The van der Waals surface area contributed by atoms with Crippen molar-refractivity contribution in [1.29, 1.82) is 0 Å². The lowest BCUT2D eigenvalue weighted by Crippen LogP contribution is -2.52. The van der Waals surface area contributed by atoms with Crippen LogP contribution in [0.1, 0.15) is 26.2 Å². The molecule has 5 heteroatoms. The van der Waals surface area contributed by atoms with Crippen LogP contribution in [0, 0.1) is 5.41 Å². The van der Waals surface area contributed by atoms with Crippen LogP contribution in [0.5, 0.6) is 0 Å². The van der Waals surface area contributed by atoms with E-state index >= 15 is 0 Å². The molecule has 0 aliphatic heterocycles. The molecule has 2 N–H and O–H groups in total. The summed E-state index contributed by atoms with van der Waals surface area (Å²) < 4.78 is 5.00. The van der Waals surface area contributed by atoms with Crippen LogP contribution in [0.2, 0.25) is 0 Å². The van der Waals surface area contributed by atoms with Crippen molar-refractivity contribution >= 4 is 11.9 Å². The van der Waals surface area contributed by atoms with Gasteiger partial charge >= 0.3 is 5.97 Å². The molecule has 1 fully saturated rings. The van der Waals surface area contributed by atoms with Gasteiger partial charge in [-0.15, -0.1) is 0 Å². The van der Waals surface area contributed by atoms with Crippen molar-refractivity contribution in [2.24, 2.45) is 5.41 Å². The number of carboxylic acid groups (broad SMARTS) is 1. The normalized spacial score (nSPS) is 20.1. The first-order valence-corrected chi connectivity index (χ1v) is 5.04. The zero-order valence-electron chi connectivity index (χ0n) is 9.08. The zero-order valence-corrected chi connectivity index (χ0v) is 9.08. The lowest BCUT2D eigenvalue weighted by Gasteiger charge is -2.39. The highest BCUT2D eigenvalue weighted by molar-refractivity contribution is 5.88. The maximum Gasteiger partial charge on any atom is 0.325 e. The molecule has 5 nitrogen and oxygen atoms in total. The van der Waals surface area contributed by atoms with E-state index in [2.05, 4.69) is 5.32 Å². The minimum Gasteiger partial charge on any atom is -0.480 e. The molecule has 15 heavy (non-hydrogen) atoms. The van der Waals surface area contributed by atoms with Crippen molar-refractivity contribution in [3.05, 3.63) is 0 Å². The molecular formula is C10H17NO4. The lowest BCUT2D eigenvalue weighted by atomic mass is 9.68. The van der Waals surface area contributed by atoms with Crippen molar-refractivity contribution < 1.29 is 19.4 Å². The van der Waals surface area contributed by atoms with Crippen LogP contribution in [0.4, 0.5) is 0 Å². The number of hydrogen-bond acceptors (Lipinski definition) is 3. The SMILES string of the molecule is COCC1(C(=O)NC(C)C(=O)O)CCC1. The van der Waals surface area contributed by atoms with Gasteiger partial charge in [0.25, 0.3) is 0 Å². The Labute approximate surface area is 88.8 Å². The Morgan fingerprint density at radius 2 is 2.13 bits per heavy atom.